The first-order chi connectivity index (χ1) is 10.6. The van der Waals surface area contributed by atoms with Crippen molar-refractivity contribution in [3.63, 3.8) is 0 Å². The number of imide groups is 1. The Morgan fingerprint density at radius 3 is 2.59 bits per heavy atom. The van der Waals surface area contributed by atoms with Gasteiger partial charge in [0.15, 0.2) is 0 Å². The summed E-state index contributed by atoms with van der Waals surface area (Å²) in [5.74, 6) is -0.235. The Kier molecular flexibility index (Phi) is 5.43. The fraction of sp³-hybridized carbons (Fsp3) is 0.400. The van der Waals surface area contributed by atoms with Gasteiger partial charge >= 0.3 is 5.97 Å². The monoisotopic (exact) mass is 323 g/mol. The van der Waals surface area contributed by atoms with Gasteiger partial charge in [-0.3, -0.25) is 14.4 Å². The fourth-order valence-electron chi connectivity index (χ4n) is 2.11. The van der Waals surface area contributed by atoms with E-state index in [4.69, 9.17) is 9.47 Å². The number of hydrogen-bond donors (Lipinski definition) is 0. The van der Waals surface area contributed by atoms with Gasteiger partial charge < -0.3 is 9.47 Å². The summed E-state index contributed by atoms with van der Waals surface area (Å²) in [4.78, 5) is 36.9. The van der Waals surface area contributed by atoms with Crippen molar-refractivity contribution in [3.05, 3.63) is 24.3 Å². The number of benzene rings is 1. The molecule has 1 fully saturated rings. The van der Waals surface area contributed by atoms with Gasteiger partial charge in [0.05, 0.1) is 30.4 Å². The Bertz CT molecular complexity index is 572. The zero-order chi connectivity index (χ0) is 16.1. The van der Waals surface area contributed by atoms with E-state index in [1.165, 1.54) is 0 Å². The van der Waals surface area contributed by atoms with E-state index in [2.05, 4.69) is 0 Å². The first-order valence-corrected chi connectivity index (χ1v) is 7.89. The third kappa shape index (κ3) is 3.59. The molecule has 0 aromatic heterocycles. The molecule has 0 bridgehead atoms. The summed E-state index contributed by atoms with van der Waals surface area (Å²) in [6.45, 7) is 2.02. The second kappa shape index (κ2) is 7.31. The van der Waals surface area contributed by atoms with Gasteiger partial charge in [-0.25, -0.2) is 4.90 Å². The lowest BCUT2D eigenvalue weighted by Crippen LogP contribution is -2.31. The van der Waals surface area contributed by atoms with Gasteiger partial charge in [-0.2, -0.15) is 0 Å². The van der Waals surface area contributed by atoms with E-state index in [1.54, 1.807) is 38.3 Å². The molecule has 2 amide bonds. The molecule has 0 radical (unpaired) electrons. The number of methoxy groups -OCH3 is 1. The van der Waals surface area contributed by atoms with Crippen LogP contribution in [0.2, 0.25) is 0 Å². The van der Waals surface area contributed by atoms with Crippen molar-refractivity contribution in [1.82, 2.24) is 0 Å². The molecule has 118 valence electrons. The van der Waals surface area contributed by atoms with Crippen molar-refractivity contribution in [3.8, 4) is 5.75 Å². The Labute approximate surface area is 132 Å². The first-order valence-electron chi connectivity index (χ1n) is 6.85. The maximum atomic E-state index is 12.3. The Hall–Kier alpha value is -2.02. The van der Waals surface area contributed by atoms with Crippen molar-refractivity contribution >= 4 is 35.2 Å². The van der Waals surface area contributed by atoms with Crippen molar-refractivity contribution in [2.75, 3.05) is 24.4 Å². The molecule has 1 aromatic carbocycles. The lowest BCUT2D eigenvalue weighted by atomic mass is 10.3. The summed E-state index contributed by atoms with van der Waals surface area (Å²) >= 11 is 1.14. The summed E-state index contributed by atoms with van der Waals surface area (Å²) in [5, 5.41) is -0.543. The standard InChI is InChI=1S/C15H17NO5S/c1-3-21-14(18)9-22-12-8-13(17)16(15(12)19)10-4-6-11(20-2)7-5-10/h4-7,12H,3,8-9H2,1-2H3. The topological polar surface area (TPSA) is 72.9 Å². The lowest BCUT2D eigenvalue weighted by Gasteiger charge is -2.15. The van der Waals surface area contributed by atoms with Crippen LogP contribution in [0.5, 0.6) is 5.75 Å². The zero-order valence-electron chi connectivity index (χ0n) is 12.4. The molecule has 1 heterocycles. The van der Waals surface area contributed by atoms with Crippen LogP contribution >= 0.6 is 11.8 Å². The highest BCUT2D eigenvalue weighted by atomic mass is 32.2. The predicted octanol–water partition coefficient (Wildman–Crippen LogP) is 1.62. The minimum Gasteiger partial charge on any atom is -0.497 e. The smallest absolute Gasteiger partial charge is 0.315 e. The van der Waals surface area contributed by atoms with Gasteiger partial charge in [0.1, 0.15) is 5.75 Å². The van der Waals surface area contributed by atoms with E-state index < -0.39 is 5.25 Å². The Morgan fingerprint density at radius 2 is 2.00 bits per heavy atom. The number of amides is 2. The minimum atomic E-state index is -0.543. The van der Waals surface area contributed by atoms with Crippen LogP contribution in [-0.2, 0) is 19.1 Å². The van der Waals surface area contributed by atoms with Crippen molar-refractivity contribution in [1.29, 1.82) is 0 Å². The predicted molar refractivity (Wildman–Crippen MR) is 83.0 cm³/mol. The molecule has 6 nitrogen and oxygen atoms in total. The summed E-state index contributed by atoms with van der Waals surface area (Å²) < 4.78 is 9.87. The highest BCUT2D eigenvalue weighted by Gasteiger charge is 2.40. The number of carbonyl (C=O) groups excluding carboxylic acids is 3. The second-order valence-electron chi connectivity index (χ2n) is 4.57. The van der Waals surface area contributed by atoms with Gasteiger partial charge in [-0.1, -0.05) is 0 Å². The minimum absolute atomic E-state index is 0.0635. The molecule has 1 atom stereocenters. The molecule has 0 N–H and O–H groups in total. The molecule has 1 aliphatic rings. The highest BCUT2D eigenvalue weighted by molar-refractivity contribution is 8.01. The quantitative estimate of drug-likeness (QED) is 0.585. The van der Waals surface area contributed by atoms with Gasteiger partial charge in [0.2, 0.25) is 11.8 Å². The molecule has 0 aliphatic carbocycles. The SMILES string of the molecule is CCOC(=O)CSC1CC(=O)N(c2ccc(OC)cc2)C1=O. The maximum absolute atomic E-state index is 12.3. The van der Waals surface area contributed by atoms with Crippen LogP contribution in [-0.4, -0.2) is 42.5 Å². The van der Waals surface area contributed by atoms with E-state index in [-0.39, 0.29) is 30.0 Å². The third-order valence-electron chi connectivity index (χ3n) is 3.14. The van der Waals surface area contributed by atoms with Gasteiger partial charge in [0.25, 0.3) is 0 Å². The molecular weight excluding hydrogens is 306 g/mol. The van der Waals surface area contributed by atoms with Gasteiger partial charge in [0, 0.05) is 6.42 Å². The van der Waals surface area contributed by atoms with Crippen LogP contribution < -0.4 is 9.64 Å². The molecule has 0 spiro atoms. The first kappa shape index (κ1) is 16.4. The van der Waals surface area contributed by atoms with Crippen LogP contribution in [0.15, 0.2) is 24.3 Å². The molecule has 7 heteroatoms. The number of thioether (sulfide) groups is 1. The van der Waals surface area contributed by atoms with Crippen LogP contribution in [0.1, 0.15) is 13.3 Å². The van der Waals surface area contributed by atoms with E-state index >= 15 is 0 Å². The van der Waals surface area contributed by atoms with Crippen LogP contribution in [0, 0.1) is 0 Å². The third-order valence-corrected chi connectivity index (χ3v) is 4.32. The number of nitrogens with zero attached hydrogens (tertiary/aromatic N) is 1. The normalized spacial score (nSPS) is 17.7. The summed E-state index contributed by atoms with van der Waals surface area (Å²) in [6, 6.07) is 6.70. The molecule has 1 aromatic rings. The van der Waals surface area contributed by atoms with Crippen molar-refractivity contribution in [2.45, 2.75) is 18.6 Å². The number of hydrogen-bond acceptors (Lipinski definition) is 6. The van der Waals surface area contributed by atoms with Crippen LogP contribution in [0.25, 0.3) is 0 Å². The van der Waals surface area contributed by atoms with E-state index in [0.29, 0.717) is 18.0 Å². The second-order valence-corrected chi connectivity index (χ2v) is 5.77. The average Bonchev–Trinajstić information content (AvgIpc) is 2.80. The molecule has 2 rings (SSSR count). The van der Waals surface area contributed by atoms with E-state index in [9.17, 15) is 14.4 Å². The number of carbonyl (C=O) groups is 3. The molecule has 1 aliphatic heterocycles. The number of rotatable bonds is 6. The largest absolute Gasteiger partial charge is 0.497 e. The fourth-order valence-corrected chi connectivity index (χ4v) is 3.04. The van der Waals surface area contributed by atoms with E-state index in [0.717, 1.165) is 16.7 Å². The zero-order valence-corrected chi connectivity index (χ0v) is 13.2. The molecule has 1 unspecified atom stereocenters. The number of esters is 1. The van der Waals surface area contributed by atoms with Gasteiger partial charge in [-0.15, -0.1) is 11.8 Å². The Morgan fingerprint density at radius 1 is 1.32 bits per heavy atom. The highest BCUT2D eigenvalue weighted by Crippen LogP contribution is 2.30. The molecular formula is C15H17NO5S. The van der Waals surface area contributed by atoms with Crippen LogP contribution in [0.3, 0.4) is 0 Å². The maximum Gasteiger partial charge on any atom is 0.315 e. The van der Waals surface area contributed by atoms with Crippen molar-refractivity contribution in [2.24, 2.45) is 0 Å². The number of ether oxygens (including phenoxy) is 2. The average molecular weight is 323 g/mol. The lowest BCUT2D eigenvalue weighted by molar-refractivity contribution is -0.139. The summed E-state index contributed by atoms with van der Waals surface area (Å²) in [7, 11) is 1.54. The van der Waals surface area contributed by atoms with Crippen molar-refractivity contribution < 1.29 is 23.9 Å². The Balaban J connectivity index is 2.03. The molecule has 22 heavy (non-hydrogen) atoms. The summed E-state index contributed by atoms with van der Waals surface area (Å²) in [5.41, 5.74) is 0.509. The van der Waals surface area contributed by atoms with Crippen LogP contribution in [0.4, 0.5) is 5.69 Å². The summed E-state index contributed by atoms with van der Waals surface area (Å²) in [6.07, 6.45) is 0.0922. The molecule has 1 saturated heterocycles. The van der Waals surface area contributed by atoms with E-state index in [1.807, 2.05) is 0 Å². The molecule has 0 saturated carbocycles. The van der Waals surface area contributed by atoms with Gasteiger partial charge in [-0.05, 0) is 31.2 Å². The number of anilines is 1.